The van der Waals surface area contributed by atoms with Crippen molar-refractivity contribution in [3.63, 3.8) is 0 Å². The van der Waals surface area contributed by atoms with Gasteiger partial charge in [0.2, 0.25) is 0 Å². The zero-order chi connectivity index (χ0) is 11.6. The van der Waals surface area contributed by atoms with Crippen molar-refractivity contribution < 1.29 is 13.6 Å². The highest BCUT2D eigenvalue weighted by molar-refractivity contribution is 6.39. The van der Waals surface area contributed by atoms with Crippen LogP contribution in [0.3, 0.4) is 0 Å². The zero-order valence-electron chi connectivity index (χ0n) is 8.22. The molecule has 0 aromatic rings. The number of hydrogen-bond donors (Lipinski definition) is 0. The van der Waals surface area contributed by atoms with Crippen LogP contribution in [0.5, 0.6) is 0 Å². The van der Waals surface area contributed by atoms with E-state index in [1.165, 1.54) is 19.0 Å². The highest BCUT2D eigenvalue weighted by atomic mass is 19.3. The van der Waals surface area contributed by atoms with Crippen molar-refractivity contribution in [1.29, 1.82) is 0 Å². The van der Waals surface area contributed by atoms with Gasteiger partial charge in [0, 0.05) is 20.5 Å². The summed E-state index contributed by atoms with van der Waals surface area (Å²) in [5.41, 5.74) is -0.0788. The van der Waals surface area contributed by atoms with Gasteiger partial charge in [0.1, 0.15) is 11.8 Å². The molecule has 1 heterocycles. The number of halogens is 2. The Kier molecular flexibility index (Phi) is 3.28. The van der Waals surface area contributed by atoms with Crippen LogP contribution in [-0.4, -0.2) is 48.2 Å². The summed E-state index contributed by atoms with van der Waals surface area (Å²) in [7, 11) is 2.94. The number of hydrogen-bond acceptors (Lipinski definition) is 4. The normalized spacial score (nSPS) is 20.5. The van der Waals surface area contributed by atoms with Gasteiger partial charge in [0.05, 0.1) is 5.29 Å². The second-order valence-electron chi connectivity index (χ2n) is 3.25. The van der Waals surface area contributed by atoms with Gasteiger partial charge in [-0.2, -0.15) is 5.10 Å². The Labute approximate surface area is 84.5 Å². The van der Waals surface area contributed by atoms with Gasteiger partial charge in [-0.1, -0.05) is 0 Å². The molecule has 1 atom stereocenters. The Balaban J connectivity index is 2.80. The number of carbonyl (C=O) groups excluding carboxylic acids is 1. The zero-order valence-corrected chi connectivity index (χ0v) is 8.22. The van der Waals surface area contributed by atoms with Gasteiger partial charge in [0.15, 0.2) is 0 Å². The maximum atomic E-state index is 12.4. The molecular formula is C7H10F2N4O2. The average Bonchev–Trinajstić information content (AvgIpc) is 2.59. The fraction of sp³-hybridized carbons (Fsp3) is 0.714. The van der Waals surface area contributed by atoms with E-state index in [4.69, 9.17) is 0 Å². The molecule has 0 bridgehead atoms. The molecule has 0 aliphatic carbocycles. The maximum Gasteiger partial charge on any atom is 0.269 e. The van der Waals surface area contributed by atoms with Gasteiger partial charge in [-0.3, -0.25) is 4.79 Å². The molecular weight excluding hydrogens is 210 g/mol. The van der Waals surface area contributed by atoms with E-state index in [0.29, 0.717) is 5.12 Å². The molecule has 1 aliphatic rings. The molecule has 0 N–H and O–H groups in total. The summed E-state index contributed by atoms with van der Waals surface area (Å²) in [5.74, 6) is -0.494. The molecule has 6 nitrogen and oxygen atoms in total. The Bertz CT molecular complexity index is 305. The summed E-state index contributed by atoms with van der Waals surface area (Å²) in [6.07, 6.45) is -3.03. The highest BCUT2D eigenvalue weighted by Gasteiger charge is 2.37. The molecule has 0 aromatic heterocycles. The molecule has 0 saturated carbocycles. The lowest BCUT2D eigenvalue weighted by atomic mass is 10.1. The summed E-state index contributed by atoms with van der Waals surface area (Å²) in [6, 6.07) is -1.43. The van der Waals surface area contributed by atoms with Gasteiger partial charge in [-0.15, -0.1) is 10.0 Å². The molecule has 1 aliphatic heterocycles. The van der Waals surface area contributed by atoms with Gasteiger partial charge in [0.25, 0.3) is 12.3 Å². The molecule has 0 spiro atoms. The molecule has 0 aromatic carbocycles. The Morgan fingerprint density at radius 2 is 2.27 bits per heavy atom. The molecule has 0 radical (unpaired) electrons. The highest BCUT2D eigenvalue weighted by Crippen LogP contribution is 2.22. The summed E-state index contributed by atoms with van der Waals surface area (Å²) in [5, 5.41) is 6.11. The Morgan fingerprint density at radius 1 is 1.67 bits per heavy atom. The summed E-state index contributed by atoms with van der Waals surface area (Å²) >= 11 is 0. The van der Waals surface area contributed by atoms with E-state index in [1.54, 1.807) is 0 Å². The van der Waals surface area contributed by atoms with Crippen LogP contribution in [0, 0.1) is 4.91 Å². The molecule has 84 valence electrons. The van der Waals surface area contributed by atoms with Gasteiger partial charge >= 0.3 is 0 Å². The molecule has 1 amide bonds. The van der Waals surface area contributed by atoms with Crippen molar-refractivity contribution in [3.8, 4) is 0 Å². The van der Waals surface area contributed by atoms with Crippen molar-refractivity contribution in [3.05, 3.63) is 4.91 Å². The maximum absolute atomic E-state index is 12.4. The fourth-order valence-electron chi connectivity index (χ4n) is 1.18. The van der Waals surface area contributed by atoms with Crippen LogP contribution in [0.25, 0.3) is 0 Å². The quantitative estimate of drug-likeness (QED) is 0.648. The van der Waals surface area contributed by atoms with Crippen molar-refractivity contribution in [2.45, 2.75) is 18.9 Å². The molecule has 1 rings (SSSR count). The van der Waals surface area contributed by atoms with E-state index < -0.39 is 18.4 Å². The number of hydrazone groups is 1. The van der Waals surface area contributed by atoms with E-state index in [-0.39, 0.29) is 12.1 Å². The number of carbonyl (C=O) groups is 1. The van der Waals surface area contributed by atoms with Crippen molar-refractivity contribution in [1.82, 2.24) is 10.0 Å². The number of nitrogens with zero attached hydrogens (tertiary/aromatic N) is 4. The predicted molar refractivity (Wildman–Crippen MR) is 48.2 cm³/mol. The van der Waals surface area contributed by atoms with E-state index in [1.807, 2.05) is 0 Å². The second-order valence-corrected chi connectivity index (χ2v) is 3.25. The minimum absolute atomic E-state index is 0.0788. The van der Waals surface area contributed by atoms with E-state index in [2.05, 4.69) is 10.4 Å². The SMILES string of the molecule is CN(C)C(=O)C1=NN(N=O)C(C(F)F)C1. The average molecular weight is 220 g/mol. The molecule has 0 saturated heterocycles. The first kappa shape index (κ1) is 11.5. The first-order valence-corrected chi connectivity index (χ1v) is 4.17. The van der Waals surface area contributed by atoms with Crippen molar-refractivity contribution in [2.75, 3.05) is 14.1 Å². The number of alkyl halides is 2. The van der Waals surface area contributed by atoms with Crippen LogP contribution in [0.15, 0.2) is 10.4 Å². The number of nitroso groups, excluding NO2 is 1. The van der Waals surface area contributed by atoms with Crippen LogP contribution in [-0.2, 0) is 4.79 Å². The second kappa shape index (κ2) is 4.28. The molecule has 1 unspecified atom stereocenters. The predicted octanol–water partition coefficient (Wildman–Crippen LogP) is 0.451. The lowest BCUT2D eigenvalue weighted by molar-refractivity contribution is -0.121. The lowest BCUT2D eigenvalue weighted by Crippen LogP contribution is -2.32. The van der Waals surface area contributed by atoms with Crippen molar-refractivity contribution >= 4 is 11.6 Å². The van der Waals surface area contributed by atoms with Crippen LogP contribution >= 0.6 is 0 Å². The van der Waals surface area contributed by atoms with Crippen LogP contribution < -0.4 is 0 Å². The third-order valence-corrected chi connectivity index (χ3v) is 1.95. The van der Waals surface area contributed by atoms with Gasteiger partial charge in [-0.05, 0) is 0 Å². The molecule has 0 fully saturated rings. The minimum Gasteiger partial charge on any atom is -0.344 e. The fourth-order valence-corrected chi connectivity index (χ4v) is 1.18. The Hall–Kier alpha value is -1.60. The topological polar surface area (TPSA) is 65.3 Å². The molecule has 15 heavy (non-hydrogen) atoms. The first-order chi connectivity index (χ1) is 6.97. The van der Waals surface area contributed by atoms with Crippen LogP contribution in [0.1, 0.15) is 6.42 Å². The first-order valence-electron chi connectivity index (χ1n) is 4.17. The third-order valence-electron chi connectivity index (χ3n) is 1.95. The van der Waals surface area contributed by atoms with Crippen molar-refractivity contribution in [2.24, 2.45) is 10.4 Å². The standard InChI is InChI=1S/C7H10F2N4O2/c1-12(2)7(14)4-3-5(6(8)9)13(10-4)11-15/h5-6H,3H2,1-2H3. The minimum atomic E-state index is -2.76. The number of amides is 1. The summed E-state index contributed by atoms with van der Waals surface area (Å²) in [4.78, 5) is 22.7. The molecule has 8 heteroatoms. The monoisotopic (exact) mass is 220 g/mol. The summed E-state index contributed by atoms with van der Waals surface area (Å²) in [6.45, 7) is 0. The lowest BCUT2D eigenvalue weighted by Gasteiger charge is -2.12. The van der Waals surface area contributed by atoms with Gasteiger partial charge in [-0.25, -0.2) is 8.78 Å². The third kappa shape index (κ3) is 2.25. The van der Waals surface area contributed by atoms with Crippen LogP contribution in [0.2, 0.25) is 0 Å². The Morgan fingerprint density at radius 3 is 2.60 bits per heavy atom. The summed E-state index contributed by atoms with van der Waals surface area (Å²) < 4.78 is 24.8. The smallest absolute Gasteiger partial charge is 0.269 e. The van der Waals surface area contributed by atoms with E-state index in [9.17, 15) is 18.5 Å². The number of rotatable bonds is 3. The van der Waals surface area contributed by atoms with Gasteiger partial charge < -0.3 is 4.90 Å². The van der Waals surface area contributed by atoms with E-state index >= 15 is 0 Å². The largest absolute Gasteiger partial charge is 0.344 e. The van der Waals surface area contributed by atoms with Crippen LogP contribution in [0.4, 0.5) is 8.78 Å². The van der Waals surface area contributed by atoms with E-state index in [0.717, 1.165) is 0 Å².